The summed E-state index contributed by atoms with van der Waals surface area (Å²) in [6, 6.07) is 11.4. The van der Waals surface area contributed by atoms with Gasteiger partial charge in [0.05, 0.1) is 11.7 Å². The van der Waals surface area contributed by atoms with Gasteiger partial charge in [-0.3, -0.25) is 14.7 Å². The van der Waals surface area contributed by atoms with Crippen LogP contribution in [0.4, 0.5) is 0 Å². The molecule has 1 aromatic carbocycles. The Morgan fingerprint density at radius 2 is 1.88 bits per heavy atom. The van der Waals surface area contributed by atoms with Gasteiger partial charge in [0.2, 0.25) is 5.91 Å². The molecule has 3 heterocycles. The number of likely N-dealkylation sites (tertiary alicyclic amines) is 1. The molecule has 2 saturated heterocycles. The van der Waals surface area contributed by atoms with Crippen LogP contribution in [-0.2, 0) is 17.6 Å². The van der Waals surface area contributed by atoms with Crippen LogP contribution in [0.15, 0.2) is 36.5 Å². The van der Waals surface area contributed by atoms with Crippen molar-refractivity contribution in [3.63, 3.8) is 0 Å². The normalized spacial score (nSPS) is 24.5. The van der Waals surface area contributed by atoms with Gasteiger partial charge in [-0.2, -0.15) is 0 Å². The summed E-state index contributed by atoms with van der Waals surface area (Å²) in [7, 11) is 2.17. The number of carbonyl (C=O) groups excluding carboxylic acids is 1. The van der Waals surface area contributed by atoms with E-state index in [1.54, 1.807) is 0 Å². The van der Waals surface area contributed by atoms with Gasteiger partial charge in [-0.15, -0.1) is 0 Å². The average molecular weight is 433 g/mol. The SMILES string of the molecule is Cc1ccc2c(c1)CCc1cccnc1[C@H]2N1CCN(C(=O)CC2CCCN(C)C2)CC1. The average Bonchev–Trinajstić information content (AvgIpc) is 2.96. The molecule has 0 spiro atoms. The zero-order valence-electron chi connectivity index (χ0n) is 19.6. The number of fused-ring (bicyclic) bond motifs is 2. The Morgan fingerprint density at radius 1 is 1.06 bits per heavy atom. The van der Waals surface area contributed by atoms with E-state index in [1.165, 1.54) is 47.3 Å². The maximum Gasteiger partial charge on any atom is 0.222 e. The molecule has 1 aromatic heterocycles. The van der Waals surface area contributed by atoms with Crippen molar-refractivity contribution in [2.45, 2.75) is 45.1 Å². The van der Waals surface area contributed by atoms with Crippen molar-refractivity contribution in [2.75, 3.05) is 46.3 Å². The Balaban J connectivity index is 1.31. The highest BCUT2D eigenvalue weighted by Gasteiger charge is 2.33. The van der Waals surface area contributed by atoms with Crippen LogP contribution in [0.2, 0.25) is 0 Å². The first kappa shape index (κ1) is 21.6. The van der Waals surface area contributed by atoms with E-state index >= 15 is 0 Å². The van der Waals surface area contributed by atoms with Crippen LogP contribution in [0.3, 0.4) is 0 Å². The van der Waals surface area contributed by atoms with Crippen LogP contribution < -0.4 is 0 Å². The lowest BCUT2D eigenvalue weighted by atomic mass is 9.94. The zero-order valence-corrected chi connectivity index (χ0v) is 19.6. The number of nitrogens with zero attached hydrogens (tertiary/aromatic N) is 4. The Kier molecular flexibility index (Phi) is 6.29. The van der Waals surface area contributed by atoms with Crippen molar-refractivity contribution < 1.29 is 4.79 Å². The minimum absolute atomic E-state index is 0.188. The summed E-state index contributed by atoms with van der Waals surface area (Å²) in [5.74, 6) is 0.868. The fraction of sp³-hybridized carbons (Fsp3) is 0.556. The molecule has 1 amide bonds. The van der Waals surface area contributed by atoms with Gasteiger partial charge in [0, 0.05) is 45.3 Å². The van der Waals surface area contributed by atoms with Gasteiger partial charge in [0.15, 0.2) is 0 Å². The van der Waals surface area contributed by atoms with Crippen LogP contribution in [0.5, 0.6) is 0 Å². The summed E-state index contributed by atoms with van der Waals surface area (Å²) in [4.78, 5) is 24.9. The molecule has 32 heavy (non-hydrogen) atoms. The van der Waals surface area contributed by atoms with E-state index in [0.29, 0.717) is 18.2 Å². The maximum atomic E-state index is 13.0. The molecule has 2 atom stereocenters. The smallest absolute Gasteiger partial charge is 0.222 e. The van der Waals surface area contributed by atoms with E-state index < -0.39 is 0 Å². The molecule has 2 aliphatic heterocycles. The quantitative estimate of drug-likeness (QED) is 0.745. The van der Waals surface area contributed by atoms with E-state index in [9.17, 15) is 4.79 Å². The molecule has 3 aliphatic rings. The number of rotatable bonds is 3. The minimum Gasteiger partial charge on any atom is -0.340 e. The van der Waals surface area contributed by atoms with Crippen LogP contribution in [-0.4, -0.2) is 71.9 Å². The van der Waals surface area contributed by atoms with Gasteiger partial charge >= 0.3 is 0 Å². The zero-order chi connectivity index (χ0) is 22.1. The Bertz CT molecular complexity index is 966. The van der Waals surface area contributed by atoms with Crippen molar-refractivity contribution >= 4 is 5.91 Å². The molecule has 5 nitrogen and oxygen atoms in total. The molecule has 170 valence electrons. The first-order valence-electron chi connectivity index (χ1n) is 12.3. The first-order valence-corrected chi connectivity index (χ1v) is 12.3. The van der Waals surface area contributed by atoms with Crippen LogP contribution in [0.25, 0.3) is 0 Å². The Labute approximate surface area is 192 Å². The van der Waals surface area contributed by atoms with Crippen LogP contribution in [0, 0.1) is 12.8 Å². The summed E-state index contributed by atoms with van der Waals surface area (Å²) in [5, 5.41) is 0. The van der Waals surface area contributed by atoms with Crippen LogP contribution in [0.1, 0.15) is 53.3 Å². The lowest BCUT2D eigenvalue weighted by Gasteiger charge is -2.40. The number of hydrogen-bond acceptors (Lipinski definition) is 4. The number of piperidine rings is 1. The molecule has 1 aliphatic carbocycles. The third-order valence-electron chi connectivity index (χ3n) is 7.66. The number of aromatic nitrogens is 1. The fourth-order valence-electron chi connectivity index (χ4n) is 5.96. The van der Waals surface area contributed by atoms with Gasteiger partial charge in [0.25, 0.3) is 0 Å². The van der Waals surface area contributed by atoms with Crippen molar-refractivity contribution in [1.29, 1.82) is 0 Å². The van der Waals surface area contributed by atoms with Crippen molar-refractivity contribution in [3.8, 4) is 0 Å². The summed E-state index contributed by atoms with van der Waals surface area (Å²) in [6.07, 6.45) is 7.17. The lowest BCUT2D eigenvalue weighted by Crippen LogP contribution is -2.50. The monoisotopic (exact) mass is 432 g/mol. The van der Waals surface area contributed by atoms with E-state index in [4.69, 9.17) is 4.98 Å². The third-order valence-corrected chi connectivity index (χ3v) is 7.66. The summed E-state index contributed by atoms with van der Waals surface area (Å²) in [5.41, 5.74) is 6.75. The molecule has 2 aromatic rings. The Morgan fingerprint density at radius 3 is 2.69 bits per heavy atom. The standard InChI is InChI=1S/C27H36N4O/c1-20-7-10-24-23(17-20)9-8-22-6-3-11-28-26(22)27(24)31-15-13-30(14-16-31)25(32)18-21-5-4-12-29(2)19-21/h3,6-7,10-11,17,21,27H,4-5,8-9,12-16,18-19H2,1-2H3/t21?,27-/m0/s1. The van der Waals surface area contributed by atoms with Gasteiger partial charge in [-0.05, 0) is 74.9 Å². The summed E-state index contributed by atoms with van der Waals surface area (Å²) >= 11 is 0. The minimum atomic E-state index is 0.188. The molecule has 1 unspecified atom stereocenters. The molecule has 2 fully saturated rings. The Hall–Kier alpha value is -2.24. The van der Waals surface area contributed by atoms with Gasteiger partial charge in [-0.1, -0.05) is 29.8 Å². The maximum absolute atomic E-state index is 13.0. The predicted octanol–water partition coefficient (Wildman–Crippen LogP) is 3.45. The highest BCUT2D eigenvalue weighted by Crippen LogP contribution is 2.36. The molecule has 5 heteroatoms. The second-order valence-electron chi connectivity index (χ2n) is 10.0. The van der Waals surface area contributed by atoms with Crippen molar-refractivity contribution in [3.05, 3.63) is 64.5 Å². The number of carbonyl (C=O) groups is 1. The fourth-order valence-corrected chi connectivity index (χ4v) is 5.96. The number of benzene rings is 1. The summed E-state index contributed by atoms with van der Waals surface area (Å²) in [6.45, 7) is 7.87. The molecule has 5 rings (SSSR count). The predicted molar refractivity (Wildman–Crippen MR) is 128 cm³/mol. The van der Waals surface area contributed by atoms with E-state index in [-0.39, 0.29) is 6.04 Å². The highest BCUT2D eigenvalue weighted by atomic mass is 16.2. The lowest BCUT2D eigenvalue weighted by molar-refractivity contribution is -0.134. The number of aryl methyl sites for hydroxylation is 3. The molecule has 0 bridgehead atoms. The number of hydrogen-bond donors (Lipinski definition) is 0. The summed E-state index contributed by atoms with van der Waals surface area (Å²) < 4.78 is 0. The number of amides is 1. The first-order chi connectivity index (χ1) is 15.6. The molecule has 0 saturated carbocycles. The second-order valence-corrected chi connectivity index (χ2v) is 10.0. The van der Waals surface area contributed by atoms with E-state index in [2.05, 4.69) is 59.0 Å². The largest absolute Gasteiger partial charge is 0.340 e. The van der Waals surface area contributed by atoms with Crippen molar-refractivity contribution in [1.82, 2.24) is 19.7 Å². The highest BCUT2D eigenvalue weighted by molar-refractivity contribution is 5.76. The van der Waals surface area contributed by atoms with Gasteiger partial charge < -0.3 is 9.80 Å². The van der Waals surface area contributed by atoms with E-state index in [0.717, 1.165) is 45.6 Å². The number of piperazine rings is 1. The molecule has 0 radical (unpaired) electrons. The molecule has 0 N–H and O–H groups in total. The third kappa shape index (κ3) is 4.46. The van der Waals surface area contributed by atoms with Gasteiger partial charge in [-0.25, -0.2) is 0 Å². The second kappa shape index (κ2) is 9.32. The topological polar surface area (TPSA) is 39.7 Å². The molecular weight excluding hydrogens is 396 g/mol. The van der Waals surface area contributed by atoms with Crippen LogP contribution >= 0.6 is 0 Å². The van der Waals surface area contributed by atoms with E-state index in [1.807, 2.05) is 6.20 Å². The number of pyridine rings is 1. The molecular formula is C27H36N4O. The van der Waals surface area contributed by atoms with Gasteiger partial charge in [0.1, 0.15) is 0 Å². The van der Waals surface area contributed by atoms with Crippen molar-refractivity contribution in [2.24, 2.45) is 5.92 Å².